The van der Waals surface area contributed by atoms with Gasteiger partial charge in [-0.25, -0.2) is 0 Å². The van der Waals surface area contributed by atoms with Gasteiger partial charge in [-0.3, -0.25) is 0 Å². The summed E-state index contributed by atoms with van der Waals surface area (Å²) >= 11 is 5.76. The van der Waals surface area contributed by atoms with Gasteiger partial charge in [-0.1, -0.05) is 147 Å². The zero-order valence-corrected chi connectivity index (χ0v) is 21.2. The Morgan fingerprint density at radius 3 is 1.00 bits per heavy atom. The van der Waals surface area contributed by atoms with Gasteiger partial charge in [0.15, 0.2) is 0 Å². The molecule has 0 rings (SSSR count). The molecule has 0 radical (unpaired) electrons. The lowest BCUT2D eigenvalue weighted by Gasteiger charge is -2.06. The summed E-state index contributed by atoms with van der Waals surface area (Å²) in [6.07, 6.45) is 29.2. The van der Waals surface area contributed by atoms with Gasteiger partial charge in [0.05, 0.1) is 0 Å². The maximum Gasteiger partial charge on any atom is 0.242 e. The quantitative estimate of drug-likeness (QED) is 0.120. The van der Waals surface area contributed by atoms with Crippen molar-refractivity contribution in [3.05, 3.63) is 0 Å². The second-order valence-electron chi connectivity index (χ2n) is 8.39. The molecule has 0 unspecified atom stereocenters. The highest BCUT2D eigenvalue weighted by Crippen LogP contribution is 2.50. The van der Waals surface area contributed by atoms with Crippen LogP contribution in [0.4, 0.5) is 0 Å². The number of unbranched alkanes of at least 4 members (excludes halogenated alkanes) is 20. The van der Waals surface area contributed by atoms with E-state index in [1.54, 1.807) is 0 Å². The van der Waals surface area contributed by atoms with Gasteiger partial charge in [0.25, 0.3) is 0 Å². The first-order chi connectivity index (χ1) is 13.6. The zero-order chi connectivity index (χ0) is 20.8. The summed E-state index contributed by atoms with van der Waals surface area (Å²) < 4.78 is 0. The monoisotopic (exact) mass is 452 g/mol. The van der Waals surface area contributed by atoms with Crippen LogP contribution in [0.25, 0.3) is 0 Å². The minimum atomic E-state index is -3.01. The van der Waals surface area contributed by atoms with E-state index in [9.17, 15) is 0 Å². The maximum atomic E-state index is 9.13. The molecule has 0 saturated carbocycles. The molecule has 2 N–H and O–H groups in total. The average Bonchev–Trinajstić information content (AvgIpc) is 2.65. The lowest BCUT2D eigenvalue weighted by molar-refractivity contribution is 0.502. The summed E-state index contributed by atoms with van der Waals surface area (Å²) in [6.45, 7) is 2.29. The van der Waals surface area contributed by atoms with Crippen molar-refractivity contribution in [2.75, 3.05) is 5.75 Å². The van der Waals surface area contributed by atoms with Crippen LogP contribution < -0.4 is 0 Å². The van der Waals surface area contributed by atoms with E-state index in [0.29, 0.717) is 0 Å². The van der Waals surface area contributed by atoms with Crippen LogP contribution in [0, 0.1) is 0 Å². The molecule has 0 aliphatic carbocycles. The van der Waals surface area contributed by atoms with Crippen molar-refractivity contribution in [3.63, 3.8) is 0 Å². The first-order valence-corrected chi connectivity index (χ1v) is 16.6. The zero-order valence-electron chi connectivity index (χ0n) is 18.7. The van der Waals surface area contributed by atoms with Gasteiger partial charge in [-0.15, -0.1) is 0 Å². The Kier molecular flexibility index (Phi) is 23.3. The minimum absolute atomic E-state index is 0.795. The second-order valence-corrected chi connectivity index (χ2v) is 14.6. The molecule has 0 fully saturated rings. The summed E-state index contributed by atoms with van der Waals surface area (Å²) in [5, 5.41) is 0. The van der Waals surface area contributed by atoms with Crippen LogP contribution in [-0.2, 0) is 11.8 Å². The molecule has 0 aliphatic heterocycles. The third-order valence-corrected chi connectivity index (χ3v) is 8.82. The molecule has 0 heterocycles. The number of hydrogen-bond donors (Lipinski definition) is 2. The number of rotatable bonds is 23. The van der Waals surface area contributed by atoms with Crippen LogP contribution in [0.15, 0.2) is 0 Å². The first kappa shape index (κ1) is 28.9. The van der Waals surface area contributed by atoms with E-state index in [-0.39, 0.29) is 0 Å². The minimum Gasteiger partial charge on any atom is -0.338 e. The van der Waals surface area contributed by atoms with Gasteiger partial charge in [0.1, 0.15) is 0 Å². The Hall–Kier alpha value is 0.920. The Labute approximate surface area is 186 Å². The van der Waals surface area contributed by atoms with Gasteiger partial charge in [0.2, 0.25) is 5.69 Å². The van der Waals surface area contributed by atoms with E-state index in [1.165, 1.54) is 128 Å². The number of hydrogen-bond acceptors (Lipinski definition) is 2. The van der Waals surface area contributed by atoms with Crippen molar-refractivity contribution >= 4 is 28.9 Å². The smallest absolute Gasteiger partial charge is 0.242 e. The highest BCUT2D eigenvalue weighted by Gasteiger charge is 2.06. The van der Waals surface area contributed by atoms with Gasteiger partial charge in [-0.05, 0) is 18.2 Å². The molecule has 0 aromatic rings. The first-order valence-electron chi connectivity index (χ1n) is 12.3. The van der Waals surface area contributed by atoms with Crippen molar-refractivity contribution in [3.8, 4) is 0 Å². The summed E-state index contributed by atoms with van der Waals surface area (Å²) in [5.41, 5.74) is -3.01. The normalized spacial score (nSPS) is 12.0. The maximum absolute atomic E-state index is 9.13. The molecule has 0 aromatic carbocycles. The lowest BCUT2D eigenvalue weighted by atomic mass is 10.0. The molecule has 28 heavy (non-hydrogen) atoms. The molecule has 0 amide bonds. The molecule has 0 spiro atoms. The third-order valence-electron chi connectivity index (χ3n) is 5.51. The highest BCUT2D eigenvalue weighted by atomic mass is 32.9. The molecule has 2 nitrogen and oxygen atoms in total. The van der Waals surface area contributed by atoms with E-state index in [2.05, 4.69) is 18.7 Å². The van der Waals surface area contributed by atoms with E-state index in [4.69, 9.17) is 9.79 Å². The fourth-order valence-corrected chi connectivity index (χ4v) is 6.06. The van der Waals surface area contributed by atoms with Crippen molar-refractivity contribution < 1.29 is 9.79 Å². The van der Waals surface area contributed by atoms with E-state index < -0.39 is 5.69 Å². The van der Waals surface area contributed by atoms with Crippen LogP contribution in [-0.4, -0.2) is 15.5 Å². The molecule has 170 valence electrons. The van der Waals surface area contributed by atoms with Crippen LogP contribution >= 0.6 is 17.1 Å². The van der Waals surface area contributed by atoms with Gasteiger partial charge in [0, 0.05) is 5.75 Å². The molecule has 5 heteroatoms. The Morgan fingerprint density at radius 1 is 0.500 bits per heavy atom. The van der Waals surface area contributed by atoms with E-state index >= 15 is 0 Å². The van der Waals surface area contributed by atoms with Crippen LogP contribution in [0.3, 0.4) is 0 Å². The van der Waals surface area contributed by atoms with Gasteiger partial charge < -0.3 is 9.79 Å². The molecule has 0 atom stereocenters. The van der Waals surface area contributed by atoms with Crippen molar-refractivity contribution in [1.29, 1.82) is 0 Å². The Bertz CT molecular complexity index is 347. The lowest BCUT2D eigenvalue weighted by Crippen LogP contribution is -1.85. The Balaban J connectivity index is 3.02. The molecule has 0 saturated heterocycles. The SMILES string of the molecule is CCCCCCCCCCCCCCCCCCCCCCCSP(O)(O)=S. The second kappa shape index (κ2) is 22.6. The predicted octanol–water partition coefficient (Wildman–Crippen LogP) is 9.14. The summed E-state index contributed by atoms with van der Waals surface area (Å²) in [5.74, 6) is 0.795. The van der Waals surface area contributed by atoms with E-state index in [0.717, 1.165) is 23.6 Å². The predicted molar refractivity (Wildman–Crippen MR) is 134 cm³/mol. The van der Waals surface area contributed by atoms with Crippen LogP contribution in [0.5, 0.6) is 0 Å². The topological polar surface area (TPSA) is 40.5 Å². The van der Waals surface area contributed by atoms with Crippen molar-refractivity contribution in [2.45, 2.75) is 142 Å². The molecule has 0 bridgehead atoms. The summed E-state index contributed by atoms with van der Waals surface area (Å²) in [7, 11) is 0. The Morgan fingerprint density at radius 2 is 0.750 bits per heavy atom. The standard InChI is InChI=1S/C23H49O2PS2/c1-2-3-4-5-6-7-8-9-10-11-12-13-14-15-16-17-18-19-20-21-22-23-28-26(24,25)27/h2-23H2,1H3,(H2,24,25,27). The molecular weight excluding hydrogens is 403 g/mol. The highest BCUT2D eigenvalue weighted by molar-refractivity contribution is 8.67. The fraction of sp³-hybridized carbons (Fsp3) is 1.00. The van der Waals surface area contributed by atoms with Crippen LogP contribution in [0.1, 0.15) is 142 Å². The largest absolute Gasteiger partial charge is 0.338 e. The van der Waals surface area contributed by atoms with Crippen LogP contribution in [0.2, 0.25) is 0 Å². The molecule has 0 aliphatic rings. The van der Waals surface area contributed by atoms with Crippen molar-refractivity contribution in [2.24, 2.45) is 0 Å². The molecular formula is C23H49O2PS2. The van der Waals surface area contributed by atoms with E-state index in [1.807, 2.05) is 0 Å². The third kappa shape index (κ3) is 26.9. The summed E-state index contributed by atoms with van der Waals surface area (Å²) in [4.78, 5) is 18.3. The van der Waals surface area contributed by atoms with Crippen molar-refractivity contribution in [1.82, 2.24) is 0 Å². The molecule has 0 aromatic heterocycles. The average molecular weight is 453 g/mol. The summed E-state index contributed by atoms with van der Waals surface area (Å²) in [6, 6.07) is 0. The fourth-order valence-electron chi connectivity index (χ4n) is 3.72. The van der Waals surface area contributed by atoms with Gasteiger partial charge >= 0.3 is 0 Å². The van der Waals surface area contributed by atoms with Gasteiger partial charge in [-0.2, -0.15) is 0 Å².